The Balaban J connectivity index is 1.31. The van der Waals surface area contributed by atoms with E-state index in [1.165, 1.54) is 5.56 Å². The first-order valence-electron chi connectivity index (χ1n) is 10.8. The summed E-state index contributed by atoms with van der Waals surface area (Å²) in [6.07, 6.45) is 3.91. The third-order valence-electron chi connectivity index (χ3n) is 5.46. The average Bonchev–Trinajstić information content (AvgIpc) is 3.15. The molecule has 3 aromatic carbocycles. The molecule has 0 radical (unpaired) electrons. The van der Waals surface area contributed by atoms with Crippen LogP contribution >= 0.6 is 27.5 Å². The van der Waals surface area contributed by atoms with Crippen molar-refractivity contribution >= 4 is 44.5 Å². The molecule has 1 amide bonds. The van der Waals surface area contributed by atoms with E-state index in [0.717, 1.165) is 58.6 Å². The summed E-state index contributed by atoms with van der Waals surface area (Å²) in [6, 6.07) is 23.7. The Morgan fingerprint density at radius 2 is 1.69 bits per heavy atom. The third-order valence-corrected chi connectivity index (χ3v) is 6.24. The molecule has 0 spiro atoms. The van der Waals surface area contributed by atoms with E-state index in [1.807, 2.05) is 42.5 Å². The standard InChI is InChI=1S/C26H25BrClN3O/c27-21-13-11-20(12-14-21)26(32)29-17-5-1-2-8-25-30-23-6-3-4-7-24(23)31(25)18-19-9-15-22(28)16-10-19/h3-4,6-7,9-16H,1-2,5,8,17-18H2,(H,29,32). The fraction of sp³-hybridized carbons (Fsp3) is 0.231. The van der Waals surface area contributed by atoms with Crippen LogP contribution in [0, 0.1) is 0 Å². The Kier molecular flexibility index (Phi) is 7.61. The van der Waals surface area contributed by atoms with Crippen LogP contribution in [0.25, 0.3) is 11.0 Å². The van der Waals surface area contributed by atoms with Crippen LogP contribution in [0.5, 0.6) is 0 Å². The van der Waals surface area contributed by atoms with Crippen LogP contribution in [-0.4, -0.2) is 22.0 Å². The third kappa shape index (κ3) is 5.78. The van der Waals surface area contributed by atoms with Gasteiger partial charge in [0.25, 0.3) is 5.91 Å². The van der Waals surface area contributed by atoms with Crippen LogP contribution in [0.3, 0.4) is 0 Å². The lowest BCUT2D eigenvalue weighted by molar-refractivity contribution is 0.0953. The van der Waals surface area contributed by atoms with E-state index in [1.54, 1.807) is 0 Å². The van der Waals surface area contributed by atoms with Crippen molar-refractivity contribution < 1.29 is 4.79 Å². The zero-order valence-electron chi connectivity index (χ0n) is 17.7. The van der Waals surface area contributed by atoms with Crippen molar-refractivity contribution in [1.29, 1.82) is 0 Å². The number of halogens is 2. The van der Waals surface area contributed by atoms with Crippen LogP contribution in [0.4, 0.5) is 0 Å². The topological polar surface area (TPSA) is 46.9 Å². The van der Waals surface area contributed by atoms with E-state index in [4.69, 9.17) is 16.6 Å². The fourth-order valence-electron chi connectivity index (χ4n) is 3.76. The second-order valence-electron chi connectivity index (χ2n) is 7.80. The van der Waals surface area contributed by atoms with Gasteiger partial charge in [0.15, 0.2) is 0 Å². The molecule has 1 N–H and O–H groups in total. The van der Waals surface area contributed by atoms with Crippen molar-refractivity contribution in [1.82, 2.24) is 14.9 Å². The molecule has 4 aromatic rings. The molecule has 0 atom stereocenters. The lowest BCUT2D eigenvalue weighted by Crippen LogP contribution is -2.24. The van der Waals surface area contributed by atoms with Crippen molar-refractivity contribution in [3.05, 3.63) is 99.2 Å². The predicted molar refractivity (Wildman–Crippen MR) is 134 cm³/mol. The highest BCUT2D eigenvalue weighted by Gasteiger charge is 2.11. The molecular weight excluding hydrogens is 486 g/mol. The summed E-state index contributed by atoms with van der Waals surface area (Å²) in [6.45, 7) is 1.45. The average molecular weight is 511 g/mol. The number of aryl methyl sites for hydroxylation is 1. The van der Waals surface area contributed by atoms with Crippen LogP contribution in [0.15, 0.2) is 77.3 Å². The molecule has 0 saturated carbocycles. The Bertz CT molecular complexity index is 1190. The maximum absolute atomic E-state index is 12.2. The van der Waals surface area contributed by atoms with E-state index in [-0.39, 0.29) is 5.91 Å². The number of carbonyl (C=O) groups excluding carboxylic acids is 1. The fourth-order valence-corrected chi connectivity index (χ4v) is 4.15. The molecule has 4 nitrogen and oxygen atoms in total. The molecule has 1 heterocycles. The van der Waals surface area contributed by atoms with Gasteiger partial charge in [0.05, 0.1) is 11.0 Å². The Labute approximate surface area is 201 Å². The molecule has 0 aliphatic heterocycles. The number of para-hydroxylation sites is 2. The molecule has 164 valence electrons. The number of nitrogens with one attached hydrogen (secondary N) is 1. The van der Waals surface area contributed by atoms with Crippen LogP contribution in [0.2, 0.25) is 5.02 Å². The summed E-state index contributed by atoms with van der Waals surface area (Å²) in [7, 11) is 0. The molecule has 0 unspecified atom stereocenters. The van der Waals surface area contributed by atoms with Gasteiger partial charge in [-0.2, -0.15) is 0 Å². The van der Waals surface area contributed by atoms with E-state index in [0.29, 0.717) is 12.1 Å². The number of hydrogen-bond acceptors (Lipinski definition) is 2. The molecule has 6 heteroatoms. The summed E-state index contributed by atoms with van der Waals surface area (Å²) < 4.78 is 3.27. The maximum atomic E-state index is 12.2. The van der Waals surface area contributed by atoms with Gasteiger partial charge in [-0.05, 0) is 66.9 Å². The van der Waals surface area contributed by atoms with Crippen LogP contribution < -0.4 is 5.32 Å². The van der Waals surface area contributed by atoms with Crippen LogP contribution in [0.1, 0.15) is 41.0 Å². The van der Waals surface area contributed by atoms with Crippen LogP contribution in [-0.2, 0) is 13.0 Å². The summed E-state index contributed by atoms with van der Waals surface area (Å²) in [4.78, 5) is 17.1. The minimum absolute atomic E-state index is 0.0257. The summed E-state index contributed by atoms with van der Waals surface area (Å²) >= 11 is 9.43. The summed E-state index contributed by atoms with van der Waals surface area (Å²) in [5.41, 5.74) is 4.07. The number of benzene rings is 3. The van der Waals surface area contributed by atoms with Crippen molar-refractivity contribution in [3.8, 4) is 0 Å². The number of fused-ring (bicyclic) bond motifs is 1. The number of rotatable bonds is 9. The Hall–Kier alpha value is -2.63. The Morgan fingerprint density at radius 1 is 0.938 bits per heavy atom. The Morgan fingerprint density at radius 3 is 2.47 bits per heavy atom. The van der Waals surface area contributed by atoms with Gasteiger partial charge in [0, 0.05) is 34.6 Å². The number of nitrogens with zero attached hydrogens (tertiary/aromatic N) is 2. The largest absolute Gasteiger partial charge is 0.352 e. The summed E-state index contributed by atoms with van der Waals surface area (Å²) in [5, 5.41) is 3.75. The SMILES string of the molecule is O=C(NCCCCCc1nc2ccccc2n1Cc1ccc(Cl)cc1)c1ccc(Br)cc1. The minimum Gasteiger partial charge on any atom is -0.352 e. The van der Waals surface area contributed by atoms with Gasteiger partial charge in [-0.25, -0.2) is 4.98 Å². The maximum Gasteiger partial charge on any atom is 0.251 e. The molecule has 0 saturated heterocycles. The number of unbranched alkanes of at least 4 members (excludes halogenated alkanes) is 2. The quantitative estimate of drug-likeness (QED) is 0.256. The molecule has 0 aliphatic rings. The minimum atomic E-state index is -0.0257. The first-order chi connectivity index (χ1) is 15.6. The number of carbonyl (C=O) groups is 1. The second kappa shape index (κ2) is 10.8. The zero-order valence-corrected chi connectivity index (χ0v) is 20.1. The number of imidazole rings is 1. The first-order valence-corrected chi connectivity index (χ1v) is 12.0. The number of hydrogen-bond donors (Lipinski definition) is 1. The molecule has 1 aromatic heterocycles. The monoisotopic (exact) mass is 509 g/mol. The van der Waals surface area contributed by atoms with Crippen molar-refractivity contribution in [3.63, 3.8) is 0 Å². The second-order valence-corrected chi connectivity index (χ2v) is 9.15. The molecule has 32 heavy (non-hydrogen) atoms. The molecule has 0 bridgehead atoms. The van der Waals surface area contributed by atoms with Gasteiger partial charge in [0.2, 0.25) is 0 Å². The molecule has 4 rings (SSSR count). The van der Waals surface area contributed by atoms with E-state index in [2.05, 4.69) is 56.1 Å². The van der Waals surface area contributed by atoms with E-state index in [9.17, 15) is 4.79 Å². The lowest BCUT2D eigenvalue weighted by Gasteiger charge is -2.10. The van der Waals surface area contributed by atoms with Gasteiger partial charge >= 0.3 is 0 Å². The molecule has 0 aliphatic carbocycles. The number of aromatic nitrogens is 2. The lowest BCUT2D eigenvalue weighted by atomic mass is 10.1. The zero-order chi connectivity index (χ0) is 22.3. The smallest absolute Gasteiger partial charge is 0.251 e. The predicted octanol–water partition coefficient (Wildman–Crippen LogP) is 6.64. The number of amides is 1. The normalized spacial score (nSPS) is 11.1. The van der Waals surface area contributed by atoms with Gasteiger partial charge in [-0.3, -0.25) is 4.79 Å². The van der Waals surface area contributed by atoms with Gasteiger partial charge in [-0.1, -0.05) is 58.2 Å². The van der Waals surface area contributed by atoms with E-state index < -0.39 is 0 Å². The van der Waals surface area contributed by atoms with Gasteiger partial charge < -0.3 is 9.88 Å². The summed E-state index contributed by atoms with van der Waals surface area (Å²) in [5.74, 6) is 1.07. The van der Waals surface area contributed by atoms with Gasteiger partial charge in [-0.15, -0.1) is 0 Å². The van der Waals surface area contributed by atoms with Crippen molar-refractivity contribution in [2.24, 2.45) is 0 Å². The van der Waals surface area contributed by atoms with E-state index >= 15 is 0 Å². The van der Waals surface area contributed by atoms with Crippen molar-refractivity contribution in [2.75, 3.05) is 6.54 Å². The molecular formula is C26H25BrClN3O. The van der Waals surface area contributed by atoms with Gasteiger partial charge in [0.1, 0.15) is 5.82 Å². The molecule has 0 fully saturated rings. The first kappa shape index (κ1) is 22.6. The highest BCUT2D eigenvalue weighted by Crippen LogP contribution is 2.20. The highest BCUT2D eigenvalue weighted by molar-refractivity contribution is 9.10. The highest BCUT2D eigenvalue weighted by atomic mass is 79.9. The van der Waals surface area contributed by atoms with Crippen molar-refractivity contribution in [2.45, 2.75) is 32.2 Å².